The number of carbonyl (C=O) groups is 10. The number of nitrogens with zero attached hydrogens (tertiary/aromatic N) is 1. The molecule has 0 saturated heterocycles. The summed E-state index contributed by atoms with van der Waals surface area (Å²) in [7, 11) is 0. The van der Waals surface area contributed by atoms with Crippen LogP contribution in [0.2, 0.25) is 0 Å². The number of ketones is 1. The number of carbonyl (C=O) groups excluding carboxylic acids is 8. The Labute approximate surface area is 377 Å². The fourth-order valence-electron chi connectivity index (χ4n) is 6.57. The highest BCUT2D eigenvalue weighted by Gasteiger charge is 2.39. The number of carboxylic acid groups (broad SMARTS) is 2. The van der Waals surface area contributed by atoms with E-state index in [4.69, 9.17) is 5.73 Å². The molecule has 1 unspecified atom stereocenters. The smallest absolute Gasteiger partial charge is 0.318 e. The molecule has 0 saturated carbocycles. The van der Waals surface area contributed by atoms with Crippen molar-refractivity contribution in [3.8, 4) is 0 Å². The Morgan fingerprint density at radius 2 is 1.25 bits per heavy atom. The molecule has 1 aromatic carbocycles. The number of nitrogens with one attached hydrogen (secondary N) is 6. The van der Waals surface area contributed by atoms with E-state index in [2.05, 4.69) is 31.9 Å². The van der Waals surface area contributed by atoms with Crippen molar-refractivity contribution < 1.29 is 62.9 Å². The second-order valence-corrected chi connectivity index (χ2v) is 17.2. The number of benzene rings is 1. The predicted molar refractivity (Wildman–Crippen MR) is 233 cm³/mol. The van der Waals surface area contributed by atoms with Gasteiger partial charge in [-0.25, -0.2) is 0 Å². The molecular weight excluding hydrogens is 849 g/mol. The molecule has 1 heterocycles. The minimum absolute atomic E-state index is 0.0883. The zero-order valence-corrected chi connectivity index (χ0v) is 37.7. The zero-order chi connectivity index (χ0) is 49.2. The van der Waals surface area contributed by atoms with E-state index < -0.39 is 126 Å². The molecule has 0 fully saturated rings. The van der Waals surface area contributed by atoms with Crippen LogP contribution in [0.4, 0.5) is 0 Å². The Balaban J connectivity index is 2.51. The van der Waals surface area contributed by atoms with Crippen LogP contribution in [0.25, 0.3) is 0 Å². The Kier molecular flexibility index (Phi) is 21.2. The summed E-state index contributed by atoms with van der Waals surface area (Å²) in [5.74, 6) is -11.2. The Bertz CT molecular complexity index is 2070. The number of aryl methyl sites for hydroxylation is 1. The number of nitrogens with two attached hydrogens (primary N) is 1. The number of carboxylic acids is 2. The van der Waals surface area contributed by atoms with Gasteiger partial charge in [0.25, 0.3) is 11.6 Å². The lowest BCUT2D eigenvalue weighted by Gasteiger charge is -2.34. The normalized spacial score (nSPS) is 14.0. The van der Waals surface area contributed by atoms with Crippen molar-refractivity contribution in [3.63, 3.8) is 0 Å². The van der Waals surface area contributed by atoms with Crippen molar-refractivity contribution in [2.24, 2.45) is 17.1 Å². The van der Waals surface area contributed by atoms with E-state index in [1.807, 2.05) is 6.92 Å². The van der Waals surface area contributed by atoms with Crippen LogP contribution >= 0.6 is 0 Å². The third-order valence-corrected chi connectivity index (χ3v) is 10.1. The van der Waals surface area contributed by atoms with E-state index in [9.17, 15) is 63.4 Å². The predicted octanol–water partition coefficient (Wildman–Crippen LogP) is 0.0698. The van der Waals surface area contributed by atoms with Gasteiger partial charge in [0.05, 0.1) is 12.5 Å². The largest absolute Gasteiger partial charge is 0.618 e. The van der Waals surface area contributed by atoms with Gasteiger partial charge in [0.2, 0.25) is 35.3 Å². The van der Waals surface area contributed by atoms with Gasteiger partial charge >= 0.3 is 17.8 Å². The number of rotatable bonds is 26. The summed E-state index contributed by atoms with van der Waals surface area (Å²) in [4.78, 5) is 130. The molecule has 7 amide bonds. The standard InChI is InChI=1S/C44H62N8O13/c1-8-9-16-27(35(57)37(45)58)46-39(60)29(21-24(2)3)50-43(64)36(44(5,6)7)51-41(62)30(22-26-15-11-10-14-25(26)4)48-38(59)28(18-19-33(53)54)47-40(61)31(23-34(55)56)49-42(63)32-17-12-13-20-52(32)65/h10-15,17,20,24,27-31,36H,8-9,16,18-19,21-23H2,1-7H3,(H2,45,58)(H,46,60)(H,47,61)(H,48,59)(H,49,63)(H,50,64)(H,51,62)(H,53,54)(H,55,56)/t27?,28-,29-,30-,31-,36+/m0/s1. The molecule has 10 N–H and O–H groups in total. The number of amides is 7. The fourth-order valence-corrected chi connectivity index (χ4v) is 6.57. The first-order valence-electron chi connectivity index (χ1n) is 21.2. The zero-order valence-electron chi connectivity index (χ0n) is 37.7. The van der Waals surface area contributed by atoms with Crippen LogP contribution in [-0.4, -0.2) is 106 Å². The van der Waals surface area contributed by atoms with Crippen molar-refractivity contribution >= 4 is 59.1 Å². The van der Waals surface area contributed by atoms with E-state index >= 15 is 0 Å². The van der Waals surface area contributed by atoms with E-state index in [1.54, 1.807) is 65.8 Å². The summed E-state index contributed by atoms with van der Waals surface area (Å²) in [5.41, 5.74) is 5.00. The minimum atomic E-state index is -1.86. The van der Waals surface area contributed by atoms with Gasteiger partial charge in [-0.1, -0.05) is 78.6 Å². The number of aliphatic carboxylic acids is 2. The number of hydrogen-bond acceptors (Lipinski definition) is 11. The highest BCUT2D eigenvalue weighted by Crippen LogP contribution is 2.21. The lowest BCUT2D eigenvalue weighted by molar-refractivity contribution is -0.607. The van der Waals surface area contributed by atoms with Gasteiger partial charge in [-0.2, -0.15) is 4.73 Å². The fraction of sp³-hybridized carbons (Fsp3) is 0.523. The number of Topliss-reactive ketones (excluding diaryl/α,β-unsaturated/α-hetero) is 1. The maximum Gasteiger partial charge on any atom is 0.318 e. The van der Waals surface area contributed by atoms with Crippen LogP contribution in [0.3, 0.4) is 0 Å². The monoisotopic (exact) mass is 910 g/mol. The molecule has 0 aliphatic rings. The number of hydrogen-bond donors (Lipinski definition) is 9. The molecule has 0 bridgehead atoms. The van der Waals surface area contributed by atoms with Crippen LogP contribution in [-0.2, 0) is 49.6 Å². The maximum absolute atomic E-state index is 14.4. The van der Waals surface area contributed by atoms with Crippen molar-refractivity contribution in [1.29, 1.82) is 0 Å². The average molecular weight is 911 g/mol. The molecule has 0 aliphatic heterocycles. The highest BCUT2D eigenvalue weighted by molar-refractivity contribution is 6.37. The second-order valence-electron chi connectivity index (χ2n) is 17.2. The van der Waals surface area contributed by atoms with Crippen LogP contribution in [0, 0.1) is 23.5 Å². The van der Waals surface area contributed by atoms with Gasteiger partial charge in [-0.15, -0.1) is 0 Å². The van der Waals surface area contributed by atoms with E-state index in [1.165, 1.54) is 12.1 Å². The molecule has 65 heavy (non-hydrogen) atoms. The Morgan fingerprint density at radius 3 is 1.80 bits per heavy atom. The van der Waals surface area contributed by atoms with E-state index in [0.717, 1.165) is 12.3 Å². The summed E-state index contributed by atoms with van der Waals surface area (Å²) in [6.45, 7) is 12.1. The number of primary amides is 1. The molecule has 356 valence electrons. The molecule has 0 spiro atoms. The van der Waals surface area contributed by atoms with Gasteiger partial charge in [0.1, 0.15) is 30.2 Å². The number of aromatic nitrogens is 1. The van der Waals surface area contributed by atoms with Gasteiger partial charge in [-0.3, -0.25) is 47.9 Å². The van der Waals surface area contributed by atoms with Crippen LogP contribution in [0.15, 0.2) is 48.7 Å². The van der Waals surface area contributed by atoms with Gasteiger partial charge in [0, 0.05) is 25.0 Å². The summed E-state index contributed by atoms with van der Waals surface area (Å²) >= 11 is 0. The molecule has 6 atom stereocenters. The molecule has 21 heteroatoms. The van der Waals surface area contributed by atoms with Crippen molar-refractivity contribution in [2.45, 2.75) is 136 Å². The van der Waals surface area contributed by atoms with E-state index in [0.29, 0.717) is 24.0 Å². The molecule has 1 aromatic heterocycles. The molecule has 21 nitrogen and oxygen atoms in total. The molecule has 2 rings (SSSR count). The summed E-state index contributed by atoms with van der Waals surface area (Å²) < 4.78 is 0.185. The average Bonchev–Trinajstić information content (AvgIpc) is 3.21. The lowest BCUT2D eigenvalue weighted by Crippen LogP contribution is -2.62. The summed E-state index contributed by atoms with van der Waals surface area (Å²) in [6.07, 6.45) is -0.0905. The Hall–Kier alpha value is -6.93. The summed E-state index contributed by atoms with van der Waals surface area (Å²) in [6, 6.07) is 1.74. The molecular formula is C44H62N8O13. The minimum Gasteiger partial charge on any atom is -0.618 e. The molecule has 0 radical (unpaired) electrons. The quantitative estimate of drug-likeness (QED) is 0.0343. The summed E-state index contributed by atoms with van der Waals surface area (Å²) in [5, 5.41) is 46.1. The van der Waals surface area contributed by atoms with Crippen molar-refractivity contribution in [1.82, 2.24) is 31.9 Å². The maximum atomic E-state index is 14.4. The first-order chi connectivity index (χ1) is 30.4. The number of unbranched alkanes of at least 4 members (excludes halogenated alkanes) is 1. The third kappa shape index (κ3) is 18.0. The van der Waals surface area contributed by atoms with Crippen molar-refractivity contribution in [2.75, 3.05) is 0 Å². The topological polar surface area (TPSA) is 336 Å². The second kappa shape index (κ2) is 25.4. The van der Waals surface area contributed by atoms with Gasteiger partial charge in [0.15, 0.2) is 6.20 Å². The SMILES string of the molecule is CCCCC(NC(=O)[C@H](CC(C)C)NC(=O)[C@@H](NC(=O)[C@H](Cc1ccccc1C)NC(=O)[C@H](CCC(=O)O)NC(=O)[C@H](CC(=O)O)NC(=O)c1cccc[n+]1[O-])C(C)(C)C)C(=O)C(N)=O. The van der Waals surface area contributed by atoms with E-state index in [-0.39, 0.29) is 29.9 Å². The van der Waals surface area contributed by atoms with Crippen LogP contribution in [0.5, 0.6) is 0 Å². The first kappa shape index (κ1) is 54.2. The van der Waals surface area contributed by atoms with Gasteiger partial charge in [-0.05, 0) is 54.7 Å². The van der Waals surface area contributed by atoms with Gasteiger partial charge < -0.3 is 53.1 Å². The third-order valence-electron chi connectivity index (χ3n) is 10.1. The van der Waals surface area contributed by atoms with Crippen molar-refractivity contribution in [3.05, 3.63) is 70.7 Å². The molecule has 2 aromatic rings. The highest BCUT2D eigenvalue weighted by atomic mass is 16.5. The van der Waals surface area contributed by atoms with Crippen LogP contribution in [0.1, 0.15) is 108 Å². The first-order valence-corrected chi connectivity index (χ1v) is 21.2. The Morgan fingerprint density at radius 1 is 0.692 bits per heavy atom. The lowest BCUT2D eigenvalue weighted by atomic mass is 9.85. The molecule has 0 aliphatic carbocycles. The number of pyridine rings is 1. The van der Waals surface area contributed by atoms with Crippen LogP contribution < -0.4 is 42.4 Å².